The third kappa shape index (κ3) is 5.77. The van der Waals surface area contributed by atoms with Crippen LogP contribution in [-0.4, -0.2) is 28.3 Å². The van der Waals surface area contributed by atoms with Gasteiger partial charge in [-0.05, 0) is 42.0 Å². The molecule has 8 nitrogen and oxygen atoms in total. The van der Waals surface area contributed by atoms with Gasteiger partial charge in [-0.3, -0.25) is 0 Å². The summed E-state index contributed by atoms with van der Waals surface area (Å²) in [4.78, 5) is 13.3. The molecule has 154 valence electrons. The minimum atomic E-state index is 0.297. The number of hydrazone groups is 1. The Morgan fingerprint density at radius 3 is 1.87 bits per heavy atom. The SMILES string of the molecule is COc1cccc(C=NNc2nc(Nc3ccccc3)nc(Nc3ccccc3)n2)c1. The zero-order valence-corrected chi connectivity index (χ0v) is 16.9. The molecule has 0 bridgehead atoms. The highest BCUT2D eigenvalue weighted by molar-refractivity contribution is 5.80. The maximum Gasteiger partial charge on any atom is 0.250 e. The van der Waals surface area contributed by atoms with E-state index in [0.717, 1.165) is 22.7 Å². The van der Waals surface area contributed by atoms with Gasteiger partial charge in [0.2, 0.25) is 17.8 Å². The average Bonchev–Trinajstić information content (AvgIpc) is 2.80. The number of hydrogen-bond donors (Lipinski definition) is 3. The van der Waals surface area contributed by atoms with Crippen molar-refractivity contribution in [2.75, 3.05) is 23.2 Å². The van der Waals surface area contributed by atoms with E-state index >= 15 is 0 Å². The van der Waals surface area contributed by atoms with Crippen molar-refractivity contribution in [1.82, 2.24) is 15.0 Å². The number of nitrogens with one attached hydrogen (secondary N) is 3. The molecule has 0 aliphatic carbocycles. The predicted molar refractivity (Wildman–Crippen MR) is 123 cm³/mol. The smallest absolute Gasteiger partial charge is 0.250 e. The van der Waals surface area contributed by atoms with Crippen LogP contribution in [0.1, 0.15) is 5.56 Å². The molecule has 4 rings (SSSR count). The standard InChI is InChI=1S/C23H21N7O/c1-31-20-14-8-9-17(15-20)16-24-30-23-28-21(25-18-10-4-2-5-11-18)27-22(29-23)26-19-12-6-3-7-13-19/h2-16H,1H3,(H3,25,26,27,28,29,30). The van der Waals surface area contributed by atoms with E-state index in [1.165, 1.54) is 0 Å². The summed E-state index contributed by atoms with van der Waals surface area (Å²) in [6, 6.07) is 26.9. The second-order valence-electron chi connectivity index (χ2n) is 6.43. The quantitative estimate of drug-likeness (QED) is 0.283. The summed E-state index contributed by atoms with van der Waals surface area (Å²) in [5.41, 5.74) is 5.48. The van der Waals surface area contributed by atoms with Gasteiger partial charge in [0.25, 0.3) is 0 Å². The Bertz CT molecular complexity index is 1090. The highest BCUT2D eigenvalue weighted by atomic mass is 16.5. The first-order valence-corrected chi connectivity index (χ1v) is 9.62. The number of methoxy groups -OCH3 is 1. The van der Waals surface area contributed by atoms with Crippen LogP contribution in [0.3, 0.4) is 0 Å². The minimum absolute atomic E-state index is 0.297. The topological polar surface area (TPSA) is 96.4 Å². The van der Waals surface area contributed by atoms with Gasteiger partial charge in [0.05, 0.1) is 13.3 Å². The fraction of sp³-hybridized carbons (Fsp3) is 0.0435. The summed E-state index contributed by atoms with van der Waals surface area (Å²) in [6.45, 7) is 0. The first-order chi connectivity index (χ1) is 15.3. The molecule has 4 aromatic rings. The molecule has 0 spiro atoms. The first kappa shape index (κ1) is 19.8. The van der Waals surface area contributed by atoms with Gasteiger partial charge in [-0.15, -0.1) is 0 Å². The number of ether oxygens (including phenoxy) is 1. The number of para-hydroxylation sites is 2. The van der Waals surface area contributed by atoms with Crippen LogP contribution in [0.15, 0.2) is 90.0 Å². The molecular formula is C23H21N7O. The summed E-state index contributed by atoms with van der Waals surface area (Å²) >= 11 is 0. The van der Waals surface area contributed by atoms with Gasteiger partial charge in [0.1, 0.15) is 5.75 Å². The number of aromatic nitrogens is 3. The van der Waals surface area contributed by atoms with Crippen molar-refractivity contribution in [3.05, 3.63) is 90.5 Å². The number of anilines is 5. The molecular weight excluding hydrogens is 390 g/mol. The van der Waals surface area contributed by atoms with E-state index in [9.17, 15) is 0 Å². The normalized spacial score (nSPS) is 10.6. The van der Waals surface area contributed by atoms with Gasteiger partial charge in [-0.2, -0.15) is 20.1 Å². The molecule has 0 radical (unpaired) electrons. The van der Waals surface area contributed by atoms with Crippen molar-refractivity contribution >= 4 is 35.4 Å². The average molecular weight is 411 g/mol. The molecule has 0 aliphatic rings. The first-order valence-electron chi connectivity index (χ1n) is 9.62. The Labute approximate surface area is 180 Å². The lowest BCUT2D eigenvalue weighted by Crippen LogP contribution is -2.07. The van der Waals surface area contributed by atoms with Crippen LogP contribution < -0.4 is 20.8 Å². The lowest BCUT2D eigenvalue weighted by atomic mass is 10.2. The monoisotopic (exact) mass is 411 g/mol. The fourth-order valence-corrected chi connectivity index (χ4v) is 2.73. The maximum atomic E-state index is 5.23. The highest BCUT2D eigenvalue weighted by Gasteiger charge is 2.07. The van der Waals surface area contributed by atoms with Crippen LogP contribution in [0, 0.1) is 0 Å². The van der Waals surface area contributed by atoms with E-state index in [0.29, 0.717) is 17.8 Å². The molecule has 0 aliphatic heterocycles. The van der Waals surface area contributed by atoms with Crippen LogP contribution in [0.2, 0.25) is 0 Å². The van der Waals surface area contributed by atoms with Gasteiger partial charge in [0.15, 0.2) is 0 Å². The summed E-state index contributed by atoms with van der Waals surface area (Å²) in [5.74, 6) is 1.83. The summed E-state index contributed by atoms with van der Waals surface area (Å²) in [7, 11) is 1.63. The Hall–Kier alpha value is -4.46. The molecule has 31 heavy (non-hydrogen) atoms. The zero-order chi connectivity index (χ0) is 21.3. The van der Waals surface area contributed by atoms with Gasteiger partial charge in [-0.25, -0.2) is 5.43 Å². The third-order valence-corrected chi connectivity index (χ3v) is 4.17. The lowest BCUT2D eigenvalue weighted by Gasteiger charge is -2.10. The van der Waals surface area contributed by atoms with Gasteiger partial charge in [0, 0.05) is 11.4 Å². The summed E-state index contributed by atoms with van der Waals surface area (Å²) in [6.07, 6.45) is 1.67. The molecule has 0 fully saturated rings. The molecule has 0 amide bonds. The molecule has 8 heteroatoms. The minimum Gasteiger partial charge on any atom is -0.497 e. The van der Waals surface area contributed by atoms with Gasteiger partial charge >= 0.3 is 0 Å². The molecule has 0 saturated carbocycles. The van der Waals surface area contributed by atoms with Crippen molar-refractivity contribution < 1.29 is 4.74 Å². The molecule has 0 saturated heterocycles. The van der Waals surface area contributed by atoms with Crippen LogP contribution in [-0.2, 0) is 0 Å². The van der Waals surface area contributed by atoms with E-state index in [2.05, 4.69) is 36.1 Å². The Balaban J connectivity index is 1.56. The van der Waals surface area contributed by atoms with Crippen molar-refractivity contribution in [2.24, 2.45) is 5.10 Å². The van der Waals surface area contributed by atoms with E-state index in [1.807, 2.05) is 84.9 Å². The number of hydrogen-bond acceptors (Lipinski definition) is 8. The molecule has 0 unspecified atom stereocenters. The molecule has 3 N–H and O–H groups in total. The van der Waals surface area contributed by atoms with Crippen LogP contribution in [0.5, 0.6) is 5.75 Å². The lowest BCUT2D eigenvalue weighted by molar-refractivity contribution is 0.415. The van der Waals surface area contributed by atoms with Gasteiger partial charge < -0.3 is 15.4 Å². The van der Waals surface area contributed by atoms with Crippen LogP contribution in [0.4, 0.5) is 29.2 Å². The van der Waals surface area contributed by atoms with E-state index in [4.69, 9.17) is 4.74 Å². The van der Waals surface area contributed by atoms with Crippen molar-refractivity contribution in [3.63, 3.8) is 0 Å². The second-order valence-corrected chi connectivity index (χ2v) is 6.43. The summed E-state index contributed by atoms with van der Waals surface area (Å²) < 4.78 is 5.23. The van der Waals surface area contributed by atoms with Crippen molar-refractivity contribution in [1.29, 1.82) is 0 Å². The maximum absolute atomic E-state index is 5.23. The molecule has 0 atom stereocenters. The molecule has 1 heterocycles. The van der Waals surface area contributed by atoms with E-state index in [-0.39, 0.29) is 0 Å². The Morgan fingerprint density at radius 1 is 0.710 bits per heavy atom. The number of nitrogens with zero attached hydrogens (tertiary/aromatic N) is 4. The molecule has 3 aromatic carbocycles. The highest BCUT2D eigenvalue weighted by Crippen LogP contribution is 2.18. The largest absolute Gasteiger partial charge is 0.497 e. The van der Waals surface area contributed by atoms with Gasteiger partial charge in [-0.1, -0.05) is 48.5 Å². The van der Waals surface area contributed by atoms with E-state index < -0.39 is 0 Å². The second kappa shape index (κ2) is 9.84. The van der Waals surface area contributed by atoms with Crippen LogP contribution in [0.25, 0.3) is 0 Å². The number of benzene rings is 3. The Kier molecular flexibility index (Phi) is 6.30. The Morgan fingerprint density at radius 2 is 1.29 bits per heavy atom. The fourth-order valence-electron chi connectivity index (χ4n) is 2.73. The third-order valence-electron chi connectivity index (χ3n) is 4.17. The zero-order valence-electron chi connectivity index (χ0n) is 16.9. The molecule has 1 aromatic heterocycles. The van der Waals surface area contributed by atoms with E-state index in [1.54, 1.807) is 13.3 Å². The predicted octanol–water partition coefficient (Wildman–Crippen LogP) is 4.81. The van der Waals surface area contributed by atoms with Crippen molar-refractivity contribution in [3.8, 4) is 5.75 Å². The van der Waals surface area contributed by atoms with Crippen LogP contribution >= 0.6 is 0 Å². The number of rotatable bonds is 8. The van der Waals surface area contributed by atoms with Crippen molar-refractivity contribution in [2.45, 2.75) is 0 Å². The summed E-state index contributed by atoms with van der Waals surface area (Å²) in [5, 5.41) is 10.6.